The summed E-state index contributed by atoms with van der Waals surface area (Å²) in [5, 5.41) is 16.4. The number of aromatic nitrogens is 4. The maximum atomic E-state index is 12.2. The van der Waals surface area contributed by atoms with E-state index in [1.54, 1.807) is 18.3 Å². The van der Waals surface area contributed by atoms with Crippen molar-refractivity contribution in [3.05, 3.63) is 52.8 Å². The summed E-state index contributed by atoms with van der Waals surface area (Å²) in [5.41, 5.74) is 2.53. The van der Waals surface area contributed by atoms with E-state index in [0.29, 0.717) is 10.7 Å². The number of nitrogens with one attached hydrogen (secondary N) is 1. The summed E-state index contributed by atoms with van der Waals surface area (Å²) in [6.45, 7) is 3.98. The molecule has 22 heavy (non-hydrogen) atoms. The number of hydrogen-bond donors (Lipinski definition) is 1. The van der Waals surface area contributed by atoms with Crippen LogP contribution in [-0.4, -0.2) is 25.9 Å². The van der Waals surface area contributed by atoms with E-state index < -0.39 is 0 Å². The van der Waals surface area contributed by atoms with Gasteiger partial charge < -0.3 is 0 Å². The molecule has 6 nitrogen and oxygen atoms in total. The molecule has 0 aliphatic carbocycles. The molecule has 0 aliphatic rings. The average molecular weight is 313 g/mol. The van der Waals surface area contributed by atoms with E-state index in [1.807, 2.05) is 36.7 Å². The van der Waals surface area contributed by atoms with E-state index in [4.69, 9.17) is 0 Å². The molecule has 0 fully saturated rings. The van der Waals surface area contributed by atoms with Crippen LogP contribution < -0.4 is 5.32 Å². The highest BCUT2D eigenvalue weighted by Gasteiger charge is 2.10. The third kappa shape index (κ3) is 2.89. The lowest BCUT2D eigenvalue weighted by Gasteiger charge is -2.06. The highest BCUT2D eigenvalue weighted by atomic mass is 32.1. The van der Waals surface area contributed by atoms with Gasteiger partial charge in [-0.3, -0.25) is 10.1 Å². The molecule has 0 bridgehead atoms. The molecule has 0 spiro atoms. The van der Waals surface area contributed by atoms with Crippen LogP contribution in [0.4, 0.5) is 5.13 Å². The zero-order valence-electron chi connectivity index (χ0n) is 12.3. The predicted octanol–water partition coefficient (Wildman–Crippen LogP) is 2.85. The van der Waals surface area contributed by atoms with Crippen LogP contribution in [0.25, 0.3) is 5.69 Å². The number of nitrogens with zero attached hydrogens (tertiary/aromatic N) is 4. The van der Waals surface area contributed by atoms with Gasteiger partial charge >= 0.3 is 0 Å². The Kier molecular flexibility index (Phi) is 3.97. The van der Waals surface area contributed by atoms with Crippen LogP contribution in [0.3, 0.4) is 0 Å². The van der Waals surface area contributed by atoms with Crippen molar-refractivity contribution in [1.29, 1.82) is 0 Å². The molecular weight excluding hydrogens is 298 g/mol. The fourth-order valence-corrected chi connectivity index (χ4v) is 2.68. The van der Waals surface area contributed by atoms with Crippen LogP contribution in [0.5, 0.6) is 0 Å². The van der Waals surface area contributed by atoms with Gasteiger partial charge in [0.05, 0.1) is 5.69 Å². The number of rotatable bonds is 4. The van der Waals surface area contributed by atoms with Gasteiger partial charge in [-0.15, -0.1) is 10.2 Å². The fraction of sp³-hybridized carbons (Fsp3) is 0.200. The molecule has 1 amide bonds. The molecule has 2 aromatic heterocycles. The third-order valence-electron chi connectivity index (χ3n) is 3.20. The molecule has 3 rings (SSSR count). The number of anilines is 1. The Balaban J connectivity index is 1.75. The van der Waals surface area contributed by atoms with E-state index >= 15 is 0 Å². The molecule has 0 unspecified atom stereocenters. The Morgan fingerprint density at radius 3 is 2.59 bits per heavy atom. The smallest absolute Gasteiger partial charge is 0.257 e. The normalized spacial score (nSPS) is 10.6. The van der Waals surface area contributed by atoms with Gasteiger partial charge in [0, 0.05) is 17.5 Å². The summed E-state index contributed by atoms with van der Waals surface area (Å²) < 4.78 is 1.82. The maximum Gasteiger partial charge on any atom is 0.257 e. The molecule has 0 saturated heterocycles. The first kappa shape index (κ1) is 14.4. The predicted molar refractivity (Wildman–Crippen MR) is 85.5 cm³/mol. The van der Waals surface area contributed by atoms with Crippen molar-refractivity contribution in [1.82, 2.24) is 20.0 Å². The van der Waals surface area contributed by atoms with Crippen molar-refractivity contribution >= 4 is 22.4 Å². The highest BCUT2D eigenvalue weighted by molar-refractivity contribution is 7.15. The van der Waals surface area contributed by atoms with E-state index in [1.165, 1.54) is 11.3 Å². The Labute approximate surface area is 131 Å². The lowest BCUT2D eigenvalue weighted by molar-refractivity contribution is 0.102. The molecule has 7 heteroatoms. The van der Waals surface area contributed by atoms with Crippen LogP contribution in [0.1, 0.15) is 28.0 Å². The molecule has 1 aromatic carbocycles. The van der Waals surface area contributed by atoms with Gasteiger partial charge in [0.15, 0.2) is 0 Å². The van der Waals surface area contributed by atoms with E-state index in [0.717, 1.165) is 22.8 Å². The quantitative estimate of drug-likeness (QED) is 0.804. The second-order valence-electron chi connectivity index (χ2n) is 4.74. The summed E-state index contributed by atoms with van der Waals surface area (Å²) in [6, 6.07) is 9.21. The van der Waals surface area contributed by atoms with E-state index in [-0.39, 0.29) is 5.91 Å². The van der Waals surface area contributed by atoms with Gasteiger partial charge in [-0.05, 0) is 43.7 Å². The molecule has 0 radical (unpaired) electrons. The molecule has 0 saturated carbocycles. The van der Waals surface area contributed by atoms with Crippen molar-refractivity contribution in [2.75, 3.05) is 5.32 Å². The number of amides is 1. The van der Waals surface area contributed by atoms with Crippen molar-refractivity contribution in [3.8, 4) is 5.69 Å². The minimum absolute atomic E-state index is 0.192. The van der Waals surface area contributed by atoms with Gasteiger partial charge in [-0.1, -0.05) is 18.3 Å². The second-order valence-corrected chi connectivity index (χ2v) is 5.80. The molecule has 112 valence electrons. The number of benzene rings is 1. The Morgan fingerprint density at radius 2 is 2.00 bits per heavy atom. The molecular formula is C15H15N5OS. The van der Waals surface area contributed by atoms with E-state index in [2.05, 4.69) is 20.6 Å². The molecule has 0 aliphatic heterocycles. The highest BCUT2D eigenvalue weighted by Crippen LogP contribution is 2.17. The van der Waals surface area contributed by atoms with Crippen LogP contribution >= 0.6 is 11.3 Å². The van der Waals surface area contributed by atoms with Crippen LogP contribution in [0.15, 0.2) is 36.5 Å². The van der Waals surface area contributed by atoms with Gasteiger partial charge in [0.2, 0.25) is 5.13 Å². The Morgan fingerprint density at radius 1 is 1.23 bits per heavy atom. The summed E-state index contributed by atoms with van der Waals surface area (Å²) in [5.74, 6) is -0.192. The number of carbonyl (C=O) groups excluding carboxylic acids is 1. The fourth-order valence-electron chi connectivity index (χ4n) is 2.01. The number of hydrogen-bond acceptors (Lipinski definition) is 5. The SMILES string of the molecule is CCc1nnc(NC(=O)c2ccc(-n3nccc3C)cc2)s1. The lowest BCUT2D eigenvalue weighted by Crippen LogP contribution is -2.11. The minimum atomic E-state index is -0.192. The Bertz CT molecular complexity index is 790. The van der Waals surface area contributed by atoms with Crippen molar-refractivity contribution < 1.29 is 4.79 Å². The lowest BCUT2D eigenvalue weighted by atomic mass is 10.2. The summed E-state index contributed by atoms with van der Waals surface area (Å²) in [6.07, 6.45) is 2.56. The maximum absolute atomic E-state index is 12.2. The number of carbonyl (C=O) groups is 1. The topological polar surface area (TPSA) is 72.7 Å². The van der Waals surface area contributed by atoms with Gasteiger partial charge in [0.1, 0.15) is 5.01 Å². The average Bonchev–Trinajstić information content (AvgIpc) is 3.16. The summed E-state index contributed by atoms with van der Waals surface area (Å²) in [7, 11) is 0. The first-order chi connectivity index (χ1) is 10.7. The van der Waals surface area contributed by atoms with Crippen LogP contribution in [0, 0.1) is 6.92 Å². The minimum Gasteiger partial charge on any atom is -0.296 e. The molecule has 3 aromatic rings. The summed E-state index contributed by atoms with van der Waals surface area (Å²) in [4.78, 5) is 12.2. The van der Waals surface area contributed by atoms with Crippen molar-refractivity contribution in [3.63, 3.8) is 0 Å². The molecule has 2 heterocycles. The van der Waals surface area contributed by atoms with Crippen molar-refractivity contribution in [2.45, 2.75) is 20.3 Å². The monoisotopic (exact) mass is 313 g/mol. The number of aryl methyl sites for hydroxylation is 2. The van der Waals surface area contributed by atoms with Gasteiger partial charge in [-0.25, -0.2) is 4.68 Å². The second kappa shape index (κ2) is 6.07. The van der Waals surface area contributed by atoms with E-state index in [9.17, 15) is 4.79 Å². The molecule has 1 N–H and O–H groups in total. The van der Waals surface area contributed by atoms with Crippen molar-refractivity contribution in [2.24, 2.45) is 0 Å². The van der Waals surface area contributed by atoms with Gasteiger partial charge in [-0.2, -0.15) is 5.10 Å². The standard InChI is InChI=1S/C15H15N5OS/c1-3-13-18-19-15(22-13)17-14(21)11-4-6-12(7-5-11)20-10(2)8-9-16-20/h4-9H,3H2,1-2H3,(H,17,19,21). The first-order valence-electron chi connectivity index (χ1n) is 6.92. The first-order valence-corrected chi connectivity index (χ1v) is 7.74. The largest absolute Gasteiger partial charge is 0.296 e. The molecule has 0 atom stereocenters. The zero-order valence-corrected chi connectivity index (χ0v) is 13.1. The van der Waals surface area contributed by atoms with Gasteiger partial charge in [0.25, 0.3) is 5.91 Å². The Hall–Kier alpha value is -2.54. The third-order valence-corrected chi connectivity index (χ3v) is 4.18. The zero-order chi connectivity index (χ0) is 15.5. The van der Waals surface area contributed by atoms with Crippen LogP contribution in [0.2, 0.25) is 0 Å². The summed E-state index contributed by atoms with van der Waals surface area (Å²) >= 11 is 1.39. The van der Waals surface area contributed by atoms with Crippen LogP contribution in [-0.2, 0) is 6.42 Å².